The standard InChI is InChI=1S/C33H39NO8/c1-34(2)17-9-10-18-41-24-19-25(39-4)29-26(20-24)42-33(22-13-15-23(38-3)16-14-22)28(21-11-7-6-8-12-21)27(31(36)40-5)30(35)32(29,33)37/h6-8,11-16,19-20,27-28,30,35,37H,9-10,17-18H2,1-5H3/t27-,28-,30-,32+,33+/m1/s1. The van der Waals surface area contributed by atoms with E-state index in [1.165, 1.54) is 14.2 Å². The highest BCUT2D eigenvalue weighted by Crippen LogP contribution is 2.70. The summed E-state index contributed by atoms with van der Waals surface area (Å²) in [6, 6.07) is 19.8. The zero-order valence-electron chi connectivity index (χ0n) is 24.7. The largest absolute Gasteiger partial charge is 0.497 e. The summed E-state index contributed by atoms with van der Waals surface area (Å²) in [5.74, 6) is -0.949. The predicted molar refractivity (Wildman–Crippen MR) is 156 cm³/mol. The molecule has 1 aliphatic carbocycles. The number of hydrogen-bond donors (Lipinski definition) is 2. The molecule has 2 aliphatic rings. The van der Waals surface area contributed by atoms with Crippen LogP contribution in [0.3, 0.4) is 0 Å². The van der Waals surface area contributed by atoms with Crippen molar-refractivity contribution >= 4 is 5.97 Å². The predicted octanol–water partition coefficient (Wildman–Crippen LogP) is 3.85. The van der Waals surface area contributed by atoms with Crippen LogP contribution in [0.25, 0.3) is 0 Å². The van der Waals surface area contributed by atoms with Gasteiger partial charge in [0.05, 0.1) is 39.4 Å². The van der Waals surface area contributed by atoms with Crippen molar-refractivity contribution in [2.24, 2.45) is 5.92 Å². The lowest BCUT2D eigenvalue weighted by Gasteiger charge is -2.40. The van der Waals surface area contributed by atoms with Gasteiger partial charge in [-0.05, 0) is 56.7 Å². The van der Waals surface area contributed by atoms with Gasteiger partial charge in [-0.15, -0.1) is 0 Å². The Bertz CT molecular complexity index is 1400. The minimum Gasteiger partial charge on any atom is -0.497 e. The quantitative estimate of drug-likeness (QED) is 0.260. The summed E-state index contributed by atoms with van der Waals surface area (Å²) in [5, 5.41) is 24.9. The van der Waals surface area contributed by atoms with Gasteiger partial charge in [-0.25, -0.2) is 0 Å². The number of aliphatic hydroxyl groups is 2. The third-order valence-corrected chi connectivity index (χ3v) is 8.46. The first-order valence-corrected chi connectivity index (χ1v) is 14.1. The first kappa shape index (κ1) is 29.7. The van der Waals surface area contributed by atoms with Gasteiger partial charge in [-0.1, -0.05) is 42.5 Å². The van der Waals surface area contributed by atoms with Crippen LogP contribution in [0, 0.1) is 5.92 Å². The summed E-state index contributed by atoms with van der Waals surface area (Å²) in [6.07, 6.45) is 0.227. The molecule has 3 aromatic rings. The number of unbranched alkanes of at least 4 members (excludes halogenated alkanes) is 1. The van der Waals surface area contributed by atoms with Gasteiger partial charge in [0, 0.05) is 18.1 Å². The Balaban J connectivity index is 1.69. The van der Waals surface area contributed by atoms with Gasteiger partial charge in [-0.3, -0.25) is 4.79 Å². The highest BCUT2D eigenvalue weighted by atomic mass is 16.6. The summed E-state index contributed by atoms with van der Waals surface area (Å²) in [7, 11) is 8.39. The number of methoxy groups -OCH3 is 3. The second-order valence-electron chi connectivity index (χ2n) is 11.1. The Kier molecular flexibility index (Phi) is 8.37. The minimum atomic E-state index is -2.11. The normalized spacial score (nSPS) is 25.9. The lowest BCUT2D eigenvalue weighted by Crippen LogP contribution is -2.52. The second kappa shape index (κ2) is 11.8. The average molecular weight is 578 g/mol. The van der Waals surface area contributed by atoms with Gasteiger partial charge in [0.2, 0.25) is 0 Å². The number of benzene rings is 3. The maximum absolute atomic E-state index is 13.4. The number of esters is 1. The van der Waals surface area contributed by atoms with Crippen LogP contribution in [0.5, 0.6) is 23.0 Å². The fourth-order valence-corrected chi connectivity index (χ4v) is 6.59. The molecule has 0 unspecified atom stereocenters. The summed E-state index contributed by atoms with van der Waals surface area (Å²) in [5.41, 5.74) is -2.25. The first-order valence-electron chi connectivity index (χ1n) is 14.1. The molecule has 0 bridgehead atoms. The molecule has 0 saturated heterocycles. The van der Waals surface area contributed by atoms with E-state index in [9.17, 15) is 15.0 Å². The molecular formula is C33H39NO8. The van der Waals surface area contributed by atoms with Crippen molar-refractivity contribution in [3.05, 3.63) is 83.4 Å². The smallest absolute Gasteiger partial charge is 0.312 e. The van der Waals surface area contributed by atoms with Gasteiger partial charge < -0.3 is 38.8 Å². The molecule has 0 spiro atoms. The molecule has 9 nitrogen and oxygen atoms in total. The SMILES string of the molecule is COC(=O)[C@H]1[C@@H](O)[C@@]2(O)c3c(OC)cc(OCCCCN(C)C)cc3O[C@@]2(c2ccc(OC)cc2)[C@@H]1c1ccccc1. The second-order valence-corrected chi connectivity index (χ2v) is 11.1. The van der Waals surface area contributed by atoms with Crippen LogP contribution in [0.4, 0.5) is 0 Å². The zero-order valence-corrected chi connectivity index (χ0v) is 24.7. The summed E-state index contributed by atoms with van der Waals surface area (Å²) in [6.45, 7) is 1.45. The Hall–Kier alpha value is -3.79. The lowest BCUT2D eigenvalue weighted by atomic mass is 9.70. The van der Waals surface area contributed by atoms with Gasteiger partial charge in [-0.2, -0.15) is 0 Å². The Morgan fingerprint density at radius 3 is 2.29 bits per heavy atom. The highest BCUT2D eigenvalue weighted by molar-refractivity contribution is 5.78. The van der Waals surface area contributed by atoms with Crippen LogP contribution in [0.2, 0.25) is 0 Å². The van der Waals surface area contributed by atoms with Crippen LogP contribution in [0.15, 0.2) is 66.7 Å². The third kappa shape index (κ3) is 4.65. The number of aliphatic hydroxyl groups excluding tert-OH is 1. The van der Waals surface area contributed by atoms with Gasteiger partial charge in [0.25, 0.3) is 0 Å². The van der Waals surface area contributed by atoms with Gasteiger partial charge in [0.1, 0.15) is 29.1 Å². The summed E-state index contributed by atoms with van der Waals surface area (Å²) in [4.78, 5) is 15.5. The minimum absolute atomic E-state index is 0.251. The van der Waals surface area contributed by atoms with Crippen molar-refractivity contribution in [1.82, 2.24) is 4.90 Å². The molecule has 2 N–H and O–H groups in total. The van der Waals surface area contributed by atoms with Crippen LogP contribution in [0.1, 0.15) is 35.4 Å². The number of rotatable bonds is 11. The van der Waals surface area contributed by atoms with E-state index in [1.54, 1.807) is 43.5 Å². The Morgan fingerprint density at radius 2 is 1.67 bits per heavy atom. The molecule has 1 fully saturated rings. The van der Waals surface area contributed by atoms with E-state index in [0.29, 0.717) is 35.0 Å². The molecule has 1 aliphatic heterocycles. The lowest BCUT2D eigenvalue weighted by molar-refractivity contribution is -0.161. The molecule has 1 saturated carbocycles. The van der Waals surface area contributed by atoms with Crippen LogP contribution < -0.4 is 18.9 Å². The van der Waals surface area contributed by atoms with E-state index in [0.717, 1.165) is 19.4 Å². The van der Waals surface area contributed by atoms with Crippen LogP contribution >= 0.6 is 0 Å². The molecular weight excluding hydrogens is 538 g/mol. The molecule has 224 valence electrons. The van der Waals surface area contributed by atoms with E-state index in [1.807, 2.05) is 44.4 Å². The summed E-state index contributed by atoms with van der Waals surface area (Å²) < 4.78 is 29.3. The summed E-state index contributed by atoms with van der Waals surface area (Å²) >= 11 is 0. The van der Waals surface area contributed by atoms with Crippen molar-refractivity contribution < 1.29 is 38.7 Å². The molecule has 0 aromatic heterocycles. The molecule has 0 amide bonds. The van der Waals surface area contributed by atoms with Crippen molar-refractivity contribution in [1.29, 1.82) is 0 Å². The zero-order chi connectivity index (χ0) is 30.1. The third-order valence-electron chi connectivity index (χ3n) is 8.46. The van der Waals surface area contributed by atoms with E-state index < -0.39 is 35.1 Å². The average Bonchev–Trinajstić information content (AvgIpc) is 3.38. The molecule has 9 heteroatoms. The van der Waals surface area contributed by atoms with Crippen molar-refractivity contribution in [2.75, 3.05) is 48.6 Å². The highest BCUT2D eigenvalue weighted by Gasteiger charge is 2.78. The maximum Gasteiger partial charge on any atom is 0.312 e. The topological polar surface area (TPSA) is 107 Å². The maximum atomic E-state index is 13.4. The van der Waals surface area contributed by atoms with Crippen molar-refractivity contribution in [3.8, 4) is 23.0 Å². The molecule has 0 radical (unpaired) electrons. The molecule has 42 heavy (non-hydrogen) atoms. The number of ether oxygens (including phenoxy) is 5. The fraction of sp³-hybridized carbons (Fsp3) is 0.424. The monoisotopic (exact) mass is 577 g/mol. The van der Waals surface area contributed by atoms with Crippen molar-refractivity contribution in [2.45, 2.75) is 36.1 Å². The van der Waals surface area contributed by atoms with E-state index >= 15 is 0 Å². The number of nitrogens with zero attached hydrogens (tertiary/aromatic N) is 1. The number of carbonyl (C=O) groups is 1. The number of carbonyl (C=O) groups excluding carboxylic acids is 1. The van der Waals surface area contributed by atoms with Crippen molar-refractivity contribution in [3.63, 3.8) is 0 Å². The van der Waals surface area contributed by atoms with E-state index in [2.05, 4.69) is 4.90 Å². The van der Waals surface area contributed by atoms with Crippen LogP contribution in [-0.4, -0.2) is 75.8 Å². The van der Waals surface area contributed by atoms with E-state index in [-0.39, 0.29) is 11.3 Å². The Morgan fingerprint density at radius 1 is 0.952 bits per heavy atom. The number of hydrogen-bond acceptors (Lipinski definition) is 9. The fourth-order valence-electron chi connectivity index (χ4n) is 6.59. The molecule has 5 atom stereocenters. The van der Waals surface area contributed by atoms with E-state index in [4.69, 9.17) is 23.7 Å². The van der Waals surface area contributed by atoms with Gasteiger partial charge in [0.15, 0.2) is 11.2 Å². The first-order chi connectivity index (χ1) is 20.2. The molecule has 1 heterocycles. The number of fused-ring (bicyclic) bond motifs is 3. The molecule has 5 rings (SSSR count). The van der Waals surface area contributed by atoms with Gasteiger partial charge >= 0.3 is 5.97 Å². The van der Waals surface area contributed by atoms with Crippen LogP contribution in [-0.2, 0) is 20.7 Å². The Labute approximate surface area is 246 Å². The molecule has 3 aromatic carbocycles.